The fourth-order valence-electron chi connectivity index (χ4n) is 2.25. The number of nitrogens with one attached hydrogen (secondary N) is 1. The molecular weight excluding hydrogens is 409 g/mol. The Morgan fingerprint density at radius 2 is 2.00 bits per heavy atom. The van der Waals surface area contributed by atoms with Gasteiger partial charge in [0, 0.05) is 10.9 Å². The first-order chi connectivity index (χ1) is 11.8. The SMILES string of the molecule is COC(=O)c1sc(S(=O)(=O)Nc2ccc(Cl)c3ccoc23)c(C)c1Cl. The van der Waals surface area contributed by atoms with Crippen LogP contribution in [0.1, 0.15) is 15.2 Å². The number of benzene rings is 1. The summed E-state index contributed by atoms with van der Waals surface area (Å²) in [6.45, 7) is 1.52. The van der Waals surface area contributed by atoms with E-state index in [-0.39, 0.29) is 25.4 Å². The Hall–Kier alpha value is -1.74. The summed E-state index contributed by atoms with van der Waals surface area (Å²) in [5, 5.41) is 1.07. The van der Waals surface area contributed by atoms with Gasteiger partial charge in [-0.25, -0.2) is 13.2 Å². The van der Waals surface area contributed by atoms with Crippen LogP contribution in [-0.2, 0) is 14.8 Å². The minimum Gasteiger partial charge on any atom is -0.465 e. The number of methoxy groups -OCH3 is 1. The summed E-state index contributed by atoms with van der Waals surface area (Å²) in [4.78, 5) is 11.8. The van der Waals surface area contributed by atoms with E-state index in [1.807, 2.05) is 0 Å². The van der Waals surface area contributed by atoms with Gasteiger partial charge in [0.05, 0.1) is 29.1 Å². The Morgan fingerprint density at radius 3 is 2.68 bits per heavy atom. The summed E-state index contributed by atoms with van der Waals surface area (Å²) < 4.78 is 37.8. The number of halogens is 2. The number of esters is 1. The van der Waals surface area contributed by atoms with Crippen molar-refractivity contribution >= 4 is 67.2 Å². The Labute approximate surface area is 157 Å². The molecule has 3 aromatic rings. The zero-order valence-electron chi connectivity index (χ0n) is 12.9. The van der Waals surface area contributed by atoms with Gasteiger partial charge in [0.25, 0.3) is 10.0 Å². The predicted octanol–water partition coefficient (Wildman–Crippen LogP) is 4.70. The molecule has 0 spiro atoms. The Morgan fingerprint density at radius 1 is 1.28 bits per heavy atom. The molecule has 0 atom stereocenters. The van der Waals surface area contributed by atoms with Crippen LogP contribution in [0, 0.1) is 6.92 Å². The maximum atomic E-state index is 12.8. The van der Waals surface area contributed by atoms with Crippen LogP contribution in [-0.4, -0.2) is 21.5 Å². The van der Waals surface area contributed by atoms with Crippen molar-refractivity contribution in [2.24, 2.45) is 0 Å². The lowest BCUT2D eigenvalue weighted by Crippen LogP contribution is -2.12. The van der Waals surface area contributed by atoms with Crippen molar-refractivity contribution < 1.29 is 22.4 Å². The zero-order valence-corrected chi connectivity index (χ0v) is 16.1. The van der Waals surface area contributed by atoms with Crippen LogP contribution in [0.5, 0.6) is 0 Å². The molecule has 0 aliphatic carbocycles. The molecule has 0 fully saturated rings. The van der Waals surface area contributed by atoms with E-state index >= 15 is 0 Å². The van der Waals surface area contributed by atoms with Gasteiger partial charge in [-0.3, -0.25) is 4.72 Å². The number of furan rings is 1. The summed E-state index contributed by atoms with van der Waals surface area (Å²) in [5.74, 6) is -0.695. The normalized spacial score (nSPS) is 11.7. The van der Waals surface area contributed by atoms with Gasteiger partial charge >= 0.3 is 5.97 Å². The van der Waals surface area contributed by atoms with Crippen LogP contribution in [0.4, 0.5) is 5.69 Å². The summed E-state index contributed by atoms with van der Waals surface area (Å²) >= 11 is 12.9. The molecule has 0 aliphatic heterocycles. The van der Waals surface area contributed by atoms with Gasteiger partial charge in [-0.1, -0.05) is 23.2 Å². The van der Waals surface area contributed by atoms with Crippen LogP contribution in [0.2, 0.25) is 10.0 Å². The highest BCUT2D eigenvalue weighted by Crippen LogP contribution is 2.38. The number of ether oxygens (including phenoxy) is 1. The molecule has 6 nitrogen and oxygen atoms in total. The van der Waals surface area contributed by atoms with Crippen LogP contribution in [0.15, 0.2) is 33.1 Å². The van der Waals surface area contributed by atoms with Gasteiger partial charge in [-0.15, -0.1) is 11.3 Å². The standard InChI is InChI=1S/C15H11Cl2NO5S2/c1-7-11(17)13(14(19)22-2)24-15(7)25(20,21)18-10-4-3-9(16)8-5-6-23-12(8)10/h3-6,18H,1-2H3. The van der Waals surface area contributed by atoms with E-state index in [1.165, 1.54) is 26.4 Å². The number of sulfonamides is 1. The summed E-state index contributed by atoms with van der Waals surface area (Å²) in [6, 6.07) is 4.70. The molecule has 1 aromatic carbocycles. The molecule has 0 saturated carbocycles. The van der Waals surface area contributed by atoms with Crippen molar-refractivity contribution in [2.75, 3.05) is 11.8 Å². The molecule has 0 bridgehead atoms. The molecule has 25 heavy (non-hydrogen) atoms. The zero-order chi connectivity index (χ0) is 18.4. The highest BCUT2D eigenvalue weighted by atomic mass is 35.5. The van der Waals surface area contributed by atoms with E-state index in [1.54, 1.807) is 12.1 Å². The number of carbonyl (C=O) groups excluding carboxylic acids is 1. The average molecular weight is 420 g/mol. The highest BCUT2D eigenvalue weighted by Gasteiger charge is 2.28. The second kappa shape index (κ2) is 6.53. The number of hydrogen-bond acceptors (Lipinski definition) is 6. The van der Waals surface area contributed by atoms with Gasteiger partial charge in [0.1, 0.15) is 9.09 Å². The van der Waals surface area contributed by atoms with Gasteiger partial charge in [0.2, 0.25) is 0 Å². The quantitative estimate of drug-likeness (QED) is 0.619. The fraction of sp³-hybridized carbons (Fsp3) is 0.133. The van der Waals surface area contributed by atoms with E-state index in [4.69, 9.17) is 27.6 Å². The first-order valence-corrected chi connectivity index (χ1v) is 9.87. The largest absolute Gasteiger partial charge is 0.465 e. The molecule has 0 radical (unpaired) electrons. The lowest BCUT2D eigenvalue weighted by molar-refractivity contribution is 0.0606. The maximum Gasteiger partial charge on any atom is 0.349 e. The third-order valence-electron chi connectivity index (χ3n) is 3.45. The summed E-state index contributed by atoms with van der Waals surface area (Å²) in [6.07, 6.45) is 1.41. The molecule has 132 valence electrons. The lowest BCUT2D eigenvalue weighted by atomic mass is 10.2. The number of carbonyl (C=O) groups is 1. The van der Waals surface area contributed by atoms with E-state index in [2.05, 4.69) is 9.46 Å². The Bertz CT molecular complexity index is 1080. The van der Waals surface area contributed by atoms with Crippen molar-refractivity contribution in [1.82, 2.24) is 0 Å². The lowest BCUT2D eigenvalue weighted by Gasteiger charge is -2.08. The van der Waals surface area contributed by atoms with Crippen molar-refractivity contribution in [3.63, 3.8) is 0 Å². The summed E-state index contributed by atoms with van der Waals surface area (Å²) in [5.41, 5.74) is 0.807. The van der Waals surface area contributed by atoms with Crippen LogP contribution < -0.4 is 4.72 Å². The second-order valence-electron chi connectivity index (χ2n) is 5.01. The predicted molar refractivity (Wildman–Crippen MR) is 97.4 cm³/mol. The fourth-order valence-corrected chi connectivity index (χ4v) is 5.58. The average Bonchev–Trinajstić information content (AvgIpc) is 3.17. The minimum absolute atomic E-state index is 0.0290. The highest BCUT2D eigenvalue weighted by molar-refractivity contribution is 7.94. The van der Waals surface area contributed by atoms with Crippen molar-refractivity contribution in [1.29, 1.82) is 0 Å². The van der Waals surface area contributed by atoms with Gasteiger partial charge in [-0.2, -0.15) is 0 Å². The molecule has 3 rings (SSSR count). The second-order valence-corrected chi connectivity index (χ2v) is 8.70. The molecule has 1 N–H and O–H groups in total. The van der Waals surface area contributed by atoms with Crippen LogP contribution >= 0.6 is 34.5 Å². The van der Waals surface area contributed by atoms with Gasteiger partial charge in [0.15, 0.2) is 5.58 Å². The van der Waals surface area contributed by atoms with E-state index < -0.39 is 16.0 Å². The maximum absolute atomic E-state index is 12.8. The molecule has 0 aliphatic rings. The van der Waals surface area contributed by atoms with Crippen molar-refractivity contribution in [2.45, 2.75) is 11.1 Å². The van der Waals surface area contributed by atoms with E-state index in [9.17, 15) is 13.2 Å². The number of hydrogen-bond donors (Lipinski definition) is 1. The van der Waals surface area contributed by atoms with Crippen molar-refractivity contribution in [3.05, 3.63) is 44.9 Å². The molecule has 0 unspecified atom stereocenters. The third kappa shape index (κ3) is 3.10. The van der Waals surface area contributed by atoms with E-state index in [0.717, 1.165) is 11.3 Å². The van der Waals surface area contributed by atoms with E-state index in [0.29, 0.717) is 16.0 Å². The number of rotatable bonds is 4. The van der Waals surface area contributed by atoms with Crippen LogP contribution in [0.25, 0.3) is 11.0 Å². The number of anilines is 1. The third-order valence-corrected chi connectivity index (χ3v) is 7.62. The smallest absolute Gasteiger partial charge is 0.349 e. The molecule has 0 saturated heterocycles. The molecular formula is C15H11Cl2NO5S2. The van der Waals surface area contributed by atoms with Crippen LogP contribution in [0.3, 0.4) is 0 Å². The molecule has 2 aromatic heterocycles. The summed E-state index contributed by atoms with van der Waals surface area (Å²) in [7, 11) is -2.80. The molecule has 10 heteroatoms. The minimum atomic E-state index is -4.00. The Balaban J connectivity index is 2.07. The topological polar surface area (TPSA) is 85.6 Å². The number of fused-ring (bicyclic) bond motifs is 1. The monoisotopic (exact) mass is 419 g/mol. The first kappa shape index (κ1) is 18.1. The first-order valence-electron chi connectivity index (χ1n) is 6.82. The molecule has 0 amide bonds. The van der Waals surface area contributed by atoms with Gasteiger partial charge in [-0.05, 0) is 25.1 Å². The number of thiophene rings is 1. The van der Waals surface area contributed by atoms with Gasteiger partial charge < -0.3 is 9.15 Å². The Kier molecular flexibility index (Phi) is 4.72. The van der Waals surface area contributed by atoms with Crippen molar-refractivity contribution in [3.8, 4) is 0 Å². The molecule has 2 heterocycles.